The molecule has 6 heteroatoms. The molecule has 1 fully saturated rings. The molecule has 5 nitrogen and oxygen atoms in total. The lowest BCUT2D eigenvalue weighted by atomic mass is 10.0. The van der Waals surface area contributed by atoms with E-state index >= 15 is 0 Å². The van der Waals surface area contributed by atoms with Crippen LogP contribution < -0.4 is 5.32 Å². The Kier molecular flexibility index (Phi) is 5.98. The zero-order valence-corrected chi connectivity index (χ0v) is 14.0. The van der Waals surface area contributed by atoms with Crippen LogP contribution in [0.25, 0.3) is 0 Å². The van der Waals surface area contributed by atoms with Crippen LogP contribution in [0.3, 0.4) is 0 Å². The van der Waals surface area contributed by atoms with Gasteiger partial charge in [-0.2, -0.15) is 0 Å². The molecule has 0 radical (unpaired) electrons. The maximum atomic E-state index is 12.2. The molecule has 0 saturated carbocycles. The number of benzene rings is 1. The average Bonchev–Trinajstić information content (AvgIpc) is 3.02. The van der Waals surface area contributed by atoms with Crippen LogP contribution in [0.1, 0.15) is 12.0 Å². The second-order valence-corrected chi connectivity index (χ2v) is 6.10. The molecular formula is C15H18INO4. The minimum absolute atomic E-state index is 0.145. The molecule has 2 rings (SSSR count). The van der Waals surface area contributed by atoms with Gasteiger partial charge in [0.05, 0.1) is 19.6 Å². The Bertz CT molecular complexity index is 514. The van der Waals surface area contributed by atoms with Crippen LogP contribution in [0.4, 0.5) is 0 Å². The standard InChI is InChI=1S/C15H18INO4/c1-20-15(19)13(8-10-4-2-3-5-12(10)16)17-14(18)11-6-7-21-9-11/h2-5,11,13H,6-9H2,1H3,(H,17,18)/t11-,13+/m1/s1. The summed E-state index contributed by atoms with van der Waals surface area (Å²) in [5.41, 5.74) is 1.01. The van der Waals surface area contributed by atoms with Gasteiger partial charge in [0.2, 0.25) is 5.91 Å². The van der Waals surface area contributed by atoms with E-state index in [1.54, 1.807) is 0 Å². The minimum atomic E-state index is -0.668. The van der Waals surface area contributed by atoms with E-state index < -0.39 is 12.0 Å². The van der Waals surface area contributed by atoms with E-state index in [1.807, 2.05) is 24.3 Å². The van der Waals surface area contributed by atoms with Gasteiger partial charge in [0, 0.05) is 16.6 Å². The van der Waals surface area contributed by atoms with Gasteiger partial charge in [-0.05, 0) is 40.6 Å². The summed E-state index contributed by atoms with van der Waals surface area (Å²) in [6.07, 6.45) is 1.12. The van der Waals surface area contributed by atoms with Crippen molar-refractivity contribution in [3.8, 4) is 0 Å². The van der Waals surface area contributed by atoms with Crippen LogP contribution in [0.15, 0.2) is 24.3 Å². The Morgan fingerprint density at radius 2 is 2.24 bits per heavy atom. The number of rotatable bonds is 5. The third kappa shape index (κ3) is 4.41. The van der Waals surface area contributed by atoms with Crippen molar-refractivity contribution in [2.24, 2.45) is 5.92 Å². The van der Waals surface area contributed by atoms with Crippen molar-refractivity contribution in [3.63, 3.8) is 0 Å². The normalized spacial score (nSPS) is 19.0. The fourth-order valence-electron chi connectivity index (χ4n) is 2.25. The molecule has 114 valence electrons. The Morgan fingerprint density at radius 3 is 2.86 bits per heavy atom. The van der Waals surface area contributed by atoms with Crippen molar-refractivity contribution in [2.45, 2.75) is 18.9 Å². The maximum Gasteiger partial charge on any atom is 0.328 e. The quantitative estimate of drug-likeness (QED) is 0.599. The molecule has 1 aromatic carbocycles. The summed E-state index contributed by atoms with van der Waals surface area (Å²) in [4.78, 5) is 24.1. The summed E-state index contributed by atoms with van der Waals surface area (Å²) >= 11 is 2.22. The van der Waals surface area contributed by atoms with Crippen molar-refractivity contribution in [1.29, 1.82) is 0 Å². The van der Waals surface area contributed by atoms with Crippen LogP contribution in [-0.4, -0.2) is 38.2 Å². The molecule has 1 aromatic rings. The van der Waals surface area contributed by atoms with Gasteiger partial charge >= 0.3 is 5.97 Å². The van der Waals surface area contributed by atoms with E-state index in [4.69, 9.17) is 9.47 Å². The number of ether oxygens (including phenoxy) is 2. The zero-order valence-electron chi connectivity index (χ0n) is 11.8. The molecule has 1 N–H and O–H groups in total. The highest BCUT2D eigenvalue weighted by Gasteiger charge is 2.29. The first kappa shape index (κ1) is 16.2. The molecular weight excluding hydrogens is 385 g/mol. The summed E-state index contributed by atoms with van der Waals surface area (Å²) in [5.74, 6) is -0.747. The molecule has 1 amide bonds. The number of carbonyl (C=O) groups is 2. The highest BCUT2D eigenvalue weighted by molar-refractivity contribution is 14.1. The topological polar surface area (TPSA) is 64.6 Å². The molecule has 2 atom stereocenters. The lowest BCUT2D eigenvalue weighted by molar-refractivity contribution is -0.145. The number of hydrogen-bond acceptors (Lipinski definition) is 4. The van der Waals surface area contributed by atoms with Crippen LogP contribution in [-0.2, 0) is 25.5 Å². The van der Waals surface area contributed by atoms with E-state index in [9.17, 15) is 9.59 Å². The van der Waals surface area contributed by atoms with Gasteiger partial charge < -0.3 is 14.8 Å². The number of halogens is 1. The molecule has 0 spiro atoms. The maximum absolute atomic E-state index is 12.2. The monoisotopic (exact) mass is 403 g/mol. The van der Waals surface area contributed by atoms with Crippen molar-refractivity contribution in [2.75, 3.05) is 20.3 Å². The molecule has 0 aliphatic carbocycles. The molecule has 21 heavy (non-hydrogen) atoms. The minimum Gasteiger partial charge on any atom is -0.467 e. The number of esters is 1. The SMILES string of the molecule is COC(=O)[C@H](Cc1ccccc1I)NC(=O)[C@@H]1CCOC1. The van der Waals surface area contributed by atoms with Crippen LogP contribution in [0.2, 0.25) is 0 Å². The van der Waals surface area contributed by atoms with Gasteiger partial charge in [-0.15, -0.1) is 0 Å². The van der Waals surface area contributed by atoms with Crippen LogP contribution >= 0.6 is 22.6 Å². The van der Waals surface area contributed by atoms with Crippen molar-refractivity contribution < 1.29 is 19.1 Å². The third-order valence-electron chi connectivity index (χ3n) is 3.48. The molecule has 1 saturated heterocycles. The number of amides is 1. The predicted octanol–water partition coefficient (Wildman–Crippen LogP) is 1.53. The Morgan fingerprint density at radius 1 is 1.48 bits per heavy atom. The Hall–Kier alpha value is -1.15. The third-order valence-corrected chi connectivity index (χ3v) is 4.54. The predicted molar refractivity (Wildman–Crippen MR) is 85.7 cm³/mol. The largest absolute Gasteiger partial charge is 0.467 e. The van der Waals surface area contributed by atoms with E-state index in [0.29, 0.717) is 26.1 Å². The first-order valence-electron chi connectivity index (χ1n) is 6.81. The highest BCUT2D eigenvalue weighted by Crippen LogP contribution is 2.16. The van der Waals surface area contributed by atoms with E-state index in [0.717, 1.165) is 9.13 Å². The van der Waals surface area contributed by atoms with Gasteiger partial charge in [-0.25, -0.2) is 4.79 Å². The Labute approximate surface area is 137 Å². The molecule has 0 unspecified atom stereocenters. The molecule has 0 bridgehead atoms. The molecule has 0 aromatic heterocycles. The number of methoxy groups -OCH3 is 1. The molecule has 1 heterocycles. The molecule has 1 aliphatic heterocycles. The van der Waals surface area contributed by atoms with Gasteiger partial charge in [-0.1, -0.05) is 18.2 Å². The number of carbonyl (C=O) groups excluding carboxylic acids is 2. The fourth-order valence-corrected chi connectivity index (χ4v) is 2.86. The second kappa shape index (κ2) is 7.74. The van der Waals surface area contributed by atoms with Crippen molar-refractivity contribution >= 4 is 34.5 Å². The lowest BCUT2D eigenvalue weighted by Crippen LogP contribution is -2.45. The summed E-state index contributed by atoms with van der Waals surface area (Å²) in [6.45, 7) is 1.01. The summed E-state index contributed by atoms with van der Waals surface area (Å²) in [5, 5.41) is 2.79. The zero-order chi connectivity index (χ0) is 15.2. The van der Waals surface area contributed by atoms with Gasteiger partial charge in [-0.3, -0.25) is 4.79 Å². The fraction of sp³-hybridized carbons (Fsp3) is 0.467. The Balaban J connectivity index is 2.06. The second-order valence-electron chi connectivity index (χ2n) is 4.94. The van der Waals surface area contributed by atoms with Gasteiger partial charge in [0.25, 0.3) is 0 Å². The number of hydrogen-bond donors (Lipinski definition) is 1. The lowest BCUT2D eigenvalue weighted by Gasteiger charge is -2.19. The van der Waals surface area contributed by atoms with Gasteiger partial charge in [0.1, 0.15) is 6.04 Å². The van der Waals surface area contributed by atoms with Gasteiger partial charge in [0.15, 0.2) is 0 Å². The molecule has 1 aliphatic rings. The average molecular weight is 403 g/mol. The first-order chi connectivity index (χ1) is 10.1. The van der Waals surface area contributed by atoms with Crippen LogP contribution in [0.5, 0.6) is 0 Å². The summed E-state index contributed by atoms with van der Waals surface area (Å²) in [6, 6.07) is 7.10. The first-order valence-corrected chi connectivity index (χ1v) is 7.89. The smallest absolute Gasteiger partial charge is 0.328 e. The van der Waals surface area contributed by atoms with Crippen molar-refractivity contribution in [3.05, 3.63) is 33.4 Å². The van der Waals surface area contributed by atoms with Crippen LogP contribution in [0, 0.1) is 9.49 Å². The van der Waals surface area contributed by atoms with E-state index in [-0.39, 0.29) is 11.8 Å². The van der Waals surface area contributed by atoms with E-state index in [2.05, 4.69) is 27.9 Å². The van der Waals surface area contributed by atoms with Crippen molar-refractivity contribution in [1.82, 2.24) is 5.32 Å². The van der Waals surface area contributed by atoms with E-state index in [1.165, 1.54) is 7.11 Å². The summed E-state index contributed by atoms with van der Waals surface area (Å²) in [7, 11) is 1.33. The highest BCUT2D eigenvalue weighted by atomic mass is 127. The summed E-state index contributed by atoms with van der Waals surface area (Å²) < 4.78 is 11.1. The number of nitrogens with one attached hydrogen (secondary N) is 1.